The van der Waals surface area contributed by atoms with Gasteiger partial charge in [-0.3, -0.25) is 9.59 Å². The number of rotatable bonds is 7. The molecule has 2 N–H and O–H groups in total. The van der Waals surface area contributed by atoms with Gasteiger partial charge in [-0.2, -0.15) is 5.26 Å². The van der Waals surface area contributed by atoms with Gasteiger partial charge in [-0.15, -0.1) is 11.3 Å². The van der Waals surface area contributed by atoms with E-state index in [0.29, 0.717) is 27.0 Å². The van der Waals surface area contributed by atoms with Gasteiger partial charge in [-0.1, -0.05) is 11.8 Å². The van der Waals surface area contributed by atoms with Crippen molar-refractivity contribution in [1.29, 1.82) is 5.26 Å². The molecule has 29 heavy (non-hydrogen) atoms. The van der Waals surface area contributed by atoms with Crippen LogP contribution in [0.15, 0.2) is 58.3 Å². The first-order chi connectivity index (χ1) is 14.0. The maximum absolute atomic E-state index is 12.9. The van der Waals surface area contributed by atoms with E-state index in [1.54, 1.807) is 29.6 Å². The molecule has 2 aromatic carbocycles. The first kappa shape index (κ1) is 20.5. The number of amides is 2. The van der Waals surface area contributed by atoms with E-state index in [-0.39, 0.29) is 29.8 Å². The Hall–Kier alpha value is -3.22. The van der Waals surface area contributed by atoms with E-state index in [1.165, 1.54) is 47.4 Å². The Morgan fingerprint density at radius 3 is 2.31 bits per heavy atom. The third-order valence-electron chi connectivity index (χ3n) is 3.62. The average Bonchev–Trinajstić information content (AvgIpc) is 3.16. The number of hydrogen-bond donors (Lipinski definition) is 2. The van der Waals surface area contributed by atoms with E-state index in [0.717, 1.165) is 0 Å². The summed E-state index contributed by atoms with van der Waals surface area (Å²) in [7, 11) is 0. The number of thiazole rings is 1. The summed E-state index contributed by atoms with van der Waals surface area (Å²) in [6, 6.07) is 14.1. The van der Waals surface area contributed by atoms with Crippen LogP contribution >= 0.6 is 23.1 Å². The van der Waals surface area contributed by atoms with Gasteiger partial charge in [0.2, 0.25) is 11.8 Å². The fourth-order valence-corrected chi connectivity index (χ4v) is 3.94. The molecule has 0 aliphatic heterocycles. The molecule has 1 aromatic heterocycles. The summed E-state index contributed by atoms with van der Waals surface area (Å²) in [6.07, 6.45) is 0.110. The van der Waals surface area contributed by atoms with Crippen LogP contribution in [0.4, 0.5) is 15.8 Å². The quantitative estimate of drug-likeness (QED) is 0.556. The molecule has 6 nitrogen and oxygen atoms in total. The monoisotopic (exact) mass is 426 g/mol. The summed E-state index contributed by atoms with van der Waals surface area (Å²) in [6.45, 7) is 0. The number of carbonyl (C=O) groups is 2. The van der Waals surface area contributed by atoms with Crippen LogP contribution in [0.2, 0.25) is 0 Å². The molecule has 0 bridgehead atoms. The highest BCUT2D eigenvalue weighted by Gasteiger charge is 2.11. The molecule has 0 radical (unpaired) electrons. The second-order valence-corrected chi connectivity index (χ2v) is 7.94. The number of halogens is 1. The normalized spacial score (nSPS) is 10.2. The van der Waals surface area contributed by atoms with E-state index < -0.39 is 0 Å². The second-order valence-electron chi connectivity index (χ2n) is 5.86. The smallest absolute Gasteiger partial charge is 0.234 e. The van der Waals surface area contributed by atoms with Gasteiger partial charge in [0.1, 0.15) is 5.82 Å². The molecule has 0 spiro atoms. The van der Waals surface area contributed by atoms with Crippen LogP contribution < -0.4 is 10.6 Å². The SMILES string of the molecule is N#Cc1ccc(NC(=O)Cc2csc(SCC(=O)Nc3ccc(F)cc3)n2)cc1. The highest BCUT2D eigenvalue weighted by atomic mass is 32.2. The maximum Gasteiger partial charge on any atom is 0.234 e. The topological polar surface area (TPSA) is 94.9 Å². The Morgan fingerprint density at radius 2 is 1.66 bits per heavy atom. The molecule has 146 valence electrons. The van der Waals surface area contributed by atoms with Crippen molar-refractivity contribution in [2.75, 3.05) is 16.4 Å². The number of thioether (sulfide) groups is 1. The molecule has 0 saturated heterocycles. The Labute approximate surface area is 174 Å². The predicted molar refractivity (Wildman–Crippen MR) is 111 cm³/mol. The number of carbonyl (C=O) groups excluding carboxylic acids is 2. The Bertz CT molecular complexity index is 1040. The van der Waals surface area contributed by atoms with Crippen molar-refractivity contribution < 1.29 is 14.0 Å². The molecule has 0 aliphatic carbocycles. The third kappa shape index (κ3) is 6.41. The molecule has 9 heteroatoms. The molecule has 0 saturated carbocycles. The molecule has 0 unspecified atom stereocenters. The zero-order valence-electron chi connectivity index (χ0n) is 15.0. The van der Waals surface area contributed by atoms with Gasteiger partial charge in [0, 0.05) is 16.8 Å². The lowest BCUT2D eigenvalue weighted by atomic mass is 10.2. The molecular formula is C20H15FN4O2S2. The summed E-state index contributed by atoms with van der Waals surface area (Å²) in [4.78, 5) is 28.5. The minimum absolute atomic E-state index is 0.110. The van der Waals surface area contributed by atoms with Crippen LogP contribution in [-0.4, -0.2) is 22.6 Å². The summed E-state index contributed by atoms with van der Waals surface area (Å²) < 4.78 is 13.6. The molecule has 0 atom stereocenters. The number of aromatic nitrogens is 1. The van der Waals surface area contributed by atoms with Crippen molar-refractivity contribution >= 4 is 46.3 Å². The highest BCUT2D eigenvalue weighted by Crippen LogP contribution is 2.23. The predicted octanol–water partition coefficient (Wildman–Crippen LogP) is 4.07. The van der Waals surface area contributed by atoms with Crippen LogP contribution in [-0.2, 0) is 16.0 Å². The Morgan fingerprint density at radius 1 is 1.03 bits per heavy atom. The Kier molecular flexibility index (Phi) is 6.94. The van der Waals surface area contributed by atoms with E-state index in [4.69, 9.17) is 5.26 Å². The zero-order chi connectivity index (χ0) is 20.6. The summed E-state index contributed by atoms with van der Waals surface area (Å²) in [5.41, 5.74) is 2.27. The van der Waals surface area contributed by atoms with Gasteiger partial charge < -0.3 is 10.6 Å². The molecule has 0 aliphatic rings. The van der Waals surface area contributed by atoms with Crippen LogP contribution in [0.1, 0.15) is 11.3 Å². The second kappa shape index (κ2) is 9.82. The van der Waals surface area contributed by atoms with E-state index in [2.05, 4.69) is 15.6 Å². The van der Waals surface area contributed by atoms with Gasteiger partial charge in [0.05, 0.1) is 29.5 Å². The summed E-state index contributed by atoms with van der Waals surface area (Å²) in [5.74, 6) is -0.652. The van der Waals surface area contributed by atoms with Gasteiger partial charge in [0.25, 0.3) is 0 Å². The lowest BCUT2D eigenvalue weighted by molar-refractivity contribution is -0.116. The lowest BCUT2D eigenvalue weighted by Crippen LogP contribution is -2.14. The number of nitrogens with zero attached hydrogens (tertiary/aromatic N) is 2. The summed E-state index contributed by atoms with van der Waals surface area (Å²) >= 11 is 2.63. The Balaban J connectivity index is 1.45. The van der Waals surface area contributed by atoms with Crippen molar-refractivity contribution in [3.8, 4) is 6.07 Å². The maximum atomic E-state index is 12.9. The number of nitrogens with one attached hydrogen (secondary N) is 2. The van der Waals surface area contributed by atoms with Gasteiger partial charge in [-0.05, 0) is 48.5 Å². The van der Waals surface area contributed by atoms with Crippen molar-refractivity contribution in [1.82, 2.24) is 4.98 Å². The molecule has 3 aromatic rings. The van der Waals surface area contributed by atoms with Crippen molar-refractivity contribution in [2.45, 2.75) is 10.8 Å². The standard InChI is InChI=1S/C20H15FN4O2S2/c21-14-3-7-16(8-4-14)24-19(27)12-29-20-25-17(11-28-20)9-18(26)23-15-5-1-13(10-22)2-6-15/h1-8,11H,9,12H2,(H,23,26)(H,24,27). The van der Waals surface area contributed by atoms with Crippen molar-refractivity contribution in [2.24, 2.45) is 0 Å². The van der Waals surface area contributed by atoms with E-state index >= 15 is 0 Å². The molecule has 0 fully saturated rings. The minimum Gasteiger partial charge on any atom is -0.326 e. The summed E-state index contributed by atoms with van der Waals surface area (Å²) in [5, 5.41) is 16.0. The van der Waals surface area contributed by atoms with Gasteiger partial charge in [0.15, 0.2) is 4.34 Å². The molecular weight excluding hydrogens is 411 g/mol. The zero-order valence-corrected chi connectivity index (χ0v) is 16.6. The number of hydrogen-bond acceptors (Lipinski definition) is 6. The van der Waals surface area contributed by atoms with Crippen LogP contribution in [0.25, 0.3) is 0 Å². The number of benzene rings is 2. The van der Waals surface area contributed by atoms with Gasteiger partial charge in [-0.25, -0.2) is 9.37 Å². The van der Waals surface area contributed by atoms with Crippen LogP contribution in [0, 0.1) is 17.1 Å². The number of anilines is 2. The molecule has 2 amide bonds. The van der Waals surface area contributed by atoms with Crippen LogP contribution in [0.5, 0.6) is 0 Å². The highest BCUT2D eigenvalue weighted by molar-refractivity contribution is 8.01. The van der Waals surface area contributed by atoms with Crippen LogP contribution in [0.3, 0.4) is 0 Å². The minimum atomic E-state index is -0.365. The fraction of sp³-hybridized carbons (Fsp3) is 0.100. The largest absolute Gasteiger partial charge is 0.326 e. The first-order valence-corrected chi connectivity index (χ1v) is 10.3. The van der Waals surface area contributed by atoms with Gasteiger partial charge >= 0.3 is 0 Å². The number of nitriles is 1. The first-order valence-electron chi connectivity index (χ1n) is 8.44. The average molecular weight is 426 g/mol. The third-order valence-corrected chi connectivity index (χ3v) is 5.69. The van der Waals surface area contributed by atoms with Crippen molar-refractivity contribution in [3.05, 3.63) is 71.0 Å². The van der Waals surface area contributed by atoms with E-state index in [1.807, 2.05) is 6.07 Å². The van der Waals surface area contributed by atoms with E-state index in [9.17, 15) is 14.0 Å². The molecule has 3 rings (SSSR count). The fourth-order valence-electron chi connectivity index (χ4n) is 2.29. The molecule has 1 heterocycles. The lowest BCUT2D eigenvalue weighted by Gasteiger charge is -2.04. The van der Waals surface area contributed by atoms with Crippen molar-refractivity contribution in [3.63, 3.8) is 0 Å².